The Hall–Kier alpha value is -1.66. The minimum absolute atomic E-state index is 0.322. The quantitative estimate of drug-likeness (QED) is 0.708. The van der Waals surface area contributed by atoms with Crippen molar-refractivity contribution in [1.29, 1.82) is 0 Å². The zero-order chi connectivity index (χ0) is 13.5. The minimum Gasteiger partial charge on any atom is -0.479 e. The maximum absolute atomic E-state index is 11.3. The lowest BCUT2D eigenvalue weighted by atomic mass is 10.2. The third kappa shape index (κ3) is 5.11. The van der Waals surface area contributed by atoms with Crippen LogP contribution in [0.2, 0.25) is 0 Å². The fraction of sp³-hybridized carbons (Fsp3) is 0.167. The predicted molar refractivity (Wildman–Crippen MR) is 69.8 cm³/mol. The van der Waals surface area contributed by atoms with E-state index in [2.05, 4.69) is 21.2 Å². The molecule has 0 saturated carbocycles. The van der Waals surface area contributed by atoms with Crippen LogP contribution in [0.3, 0.4) is 0 Å². The molecule has 0 aliphatic heterocycles. The summed E-state index contributed by atoms with van der Waals surface area (Å²) in [4.78, 5) is 21.6. The van der Waals surface area contributed by atoms with Gasteiger partial charge in [-0.2, -0.15) is 0 Å². The Bertz CT molecular complexity index is 473. The molecule has 1 aromatic rings. The van der Waals surface area contributed by atoms with Gasteiger partial charge < -0.3 is 15.5 Å². The fourth-order valence-corrected chi connectivity index (χ4v) is 1.54. The molecule has 1 atom stereocenters. The highest BCUT2D eigenvalue weighted by molar-refractivity contribution is 9.10. The Morgan fingerprint density at radius 3 is 2.78 bits per heavy atom. The molecule has 0 fully saturated rings. The molecule has 1 rings (SSSR count). The van der Waals surface area contributed by atoms with Crippen LogP contribution in [0.1, 0.15) is 5.56 Å². The van der Waals surface area contributed by atoms with Gasteiger partial charge in [0.1, 0.15) is 0 Å². The summed E-state index contributed by atoms with van der Waals surface area (Å²) >= 11 is 3.30. The van der Waals surface area contributed by atoms with E-state index in [0.717, 1.165) is 10.0 Å². The topological polar surface area (TPSA) is 86.6 Å². The molecule has 96 valence electrons. The number of aliphatic carboxylic acids is 1. The van der Waals surface area contributed by atoms with Gasteiger partial charge in [0.25, 0.3) is 0 Å². The van der Waals surface area contributed by atoms with Gasteiger partial charge in [-0.25, -0.2) is 4.79 Å². The van der Waals surface area contributed by atoms with Gasteiger partial charge in [-0.1, -0.05) is 28.1 Å². The number of carboxylic acids is 1. The second kappa shape index (κ2) is 6.93. The van der Waals surface area contributed by atoms with Gasteiger partial charge in [0, 0.05) is 10.5 Å². The highest BCUT2D eigenvalue weighted by atomic mass is 79.9. The molecule has 6 heteroatoms. The SMILES string of the molecule is O=C(/C=C/c1cccc(Br)c1)NC[C@H](O)C(=O)O. The third-order valence-corrected chi connectivity index (χ3v) is 2.52. The molecule has 0 radical (unpaired) electrons. The van der Waals surface area contributed by atoms with E-state index < -0.39 is 18.0 Å². The number of hydrogen-bond donors (Lipinski definition) is 3. The van der Waals surface area contributed by atoms with Crippen molar-refractivity contribution < 1.29 is 19.8 Å². The van der Waals surface area contributed by atoms with Crippen molar-refractivity contribution in [2.45, 2.75) is 6.10 Å². The highest BCUT2D eigenvalue weighted by Gasteiger charge is 2.12. The Morgan fingerprint density at radius 1 is 1.44 bits per heavy atom. The lowest BCUT2D eigenvalue weighted by molar-refractivity contribution is -0.146. The second-order valence-corrected chi connectivity index (χ2v) is 4.40. The third-order valence-electron chi connectivity index (χ3n) is 2.03. The summed E-state index contributed by atoms with van der Waals surface area (Å²) < 4.78 is 0.895. The highest BCUT2D eigenvalue weighted by Crippen LogP contribution is 2.12. The van der Waals surface area contributed by atoms with Crippen LogP contribution in [-0.4, -0.2) is 34.7 Å². The number of carbonyl (C=O) groups excluding carboxylic acids is 1. The molecular formula is C12H12BrNO4. The fourth-order valence-electron chi connectivity index (χ4n) is 1.13. The molecule has 0 aliphatic rings. The van der Waals surface area contributed by atoms with Gasteiger partial charge in [-0.15, -0.1) is 0 Å². The van der Waals surface area contributed by atoms with E-state index in [1.165, 1.54) is 6.08 Å². The molecule has 0 aromatic heterocycles. The largest absolute Gasteiger partial charge is 0.479 e. The van der Waals surface area contributed by atoms with Crippen LogP contribution in [-0.2, 0) is 9.59 Å². The second-order valence-electron chi connectivity index (χ2n) is 3.49. The first-order valence-electron chi connectivity index (χ1n) is 5.11. The van der Waals surface area contributed by atoms with Crippen molar-refractivity contribution >= 4 is 33.9 Å². The van der Waals surface area contributed by atoms with Crippen LogP contribution in [0.4, 0.5) is 0 Å². The number of nitrogens with one attached hydrogen (secondary N) is 1. The molecule has 1 aromatic carbocycles. The van der Waals surface area contributed by atoms with Crippen LogP contribution in [0.5, 0.6) is 0 Å². The summed E-state index contributed by atoms with van der Waals surface area (Å²) in [5.41, 5.74) is 0.832. The van der Waals surface area contributed by atoms with Crippen molar-refractivity contribution in [1.82, 2.24) is 5.32 Å². The first kappa shape index (κ1) is 14.4. The Morgan fingerprint density at radius 2 is 2.17 bits per heavy atom. The molecule has 0 aliphatic carbocycles. The predicted octanol–water partition coefficient (Wildman–Crippen LogP) is 1.02. The average molecular weight is 314 g/mol. The van der Waals surface area contributed by atoms with Gasteiger partial charge in [-0.05, 0) is 23.8 Å². The van der Waals surface area contributed by atoms with Crippen LogP contribution in [0.25, 0.3) is 6.08 Å². The average Bonchev–Trinajstić information content (AvgIpc) is 2.33. The van der Waals surface area contributed by atoms with Crippen LogP contribution in [0, 0.1) is 0 Å². The number of benzene rings is 1. The van der Waals surface area contributed by atoms with Crippen LogP contribution < -0.4 is 5.32 Å². The molecule has 1 amide bonds. The number of halogens is 1. The van der Waals surface area contributed by atoms with Crippen molar-refractivity contribution in [2.24, 2.45) is 0 Å². The van der Waals surface area contributed by atoms with E-state index in [-0.39, 0.29) is 6.54 Å². The molecule has 18 heavy (non-hydrogen) atoms. The van der Waals surface area contributed by atoms with Gasteiger partial charge in [0.15, 0.2) is 6.10 Å². The maximum Gasteiger partial charge on any atom is 0.334 e. The summed E-state index contributed by atoms with van der Waals surface area (Å²) in [6.45, 7) is -0.322. The first-order valence-corrected chi connectivity index (χ1v) is 5.90. The maximum atomic E-state index is 11.3. The summed E-state index contributed by atoms with van der Waals surface area (Å²) in [5, 5.41) is 19.6. The molecule has 0 heterocycles. The number of aliphatic hydroxyl groups excluding tert-OH is 1. The molecule has 0 unspecified atom stereocenters. The van der Waals surface area contributed by atoms with E-state index >= 15 is 0 Å². The number of rotatable bonds is 5. The minimum atomic E-state index is -1.59. The summed E-state index contributed by atoms with van der Waals surface area (Å²) in [6.07, 6.45) is 1.28. The van der Waals surface area contributed by atoms with E-state index in [1.807, 2.05) is 24.3 Å². The van der Waals surface area contributed by atoms with E-state index in [4.69, 9.17) is 10.2 Å². The van der Waals surface area contributed by atoms with E-state index in [0.29, 0.717) is 0 Å². The zero-order valence-corrected chi connectivity index (χ0v) is 10.9. The van der Waals surface area contributed by atoms with Crippen LogP contribution in [0.15, 0.2) is 34.8 Å². The number of carboxylic acid groups (broad SMARTS) is 1. The lowest BCUT2D eigenvalue weighted by Gasteiger charge is -2.05. The monoisotopic (exact) mass is 313 g/mol. The van der Waals surface area contributed by atoms with Gasteiger partial charge >= 0.3 is 5.97 Å². The molecule has 0 saturated heterocycles. The zero-order valence-electron chi connectivity index (χ0n) is 9.34. The standard InChI is InChI=1S/C12H12BrNO4/c13-9-3-1-2-8(6-9)4-5-11(16)14-7-10(15)12(17)18/h1-6,10,15H,7H2,(H,14,16)(H,17,18)/b5-4+/t10-/m0/s1. The number of carbonyl (C=O) groups is 2. The van der Waals surface area contributed by atoms with Gasteiger partial charge in [-0.3, -0.25) is 4.79 Å². The van der Waals surface area contributed by atoms with Crippen molar-refractivity contribution in [3.05, 3.63) is 40.4 Å². The first-order chi connectivity index (χ1) is 8.49. The Labute approximate surface area is 112 Å². The van der Waals surface area contributed by atoms with E-state index in [1.54, 1.807) is 6.08 Å². The molecule has 0 bridgehead atoms. The molecule has 0 spiro atoms. The normalized spacial score (nSPS) is 12.3. The molecular weight excluding hydrogens is 302 g/mol. The molecule has 3 N–H and O–H groups in total. The summed E-state index contributed by atoms with van der Waals surface area (Å²) in [7, 11) is 0. The molecule has 5 nitrogen and oxygen atoms in total. The summed E-state index contributed by atoms with van der Waals surface area (Å²) in [6, 6.07) is 7.34. The number of hydrogen-bond acceptors (Lipinski definition) is 3. The Balaban J connectivity index is 2.47. The van der Waals surface area contributed by atoms with Crippen molar-refractivity contribution in [2.75, 3.05) is 6.54 Å². The lowest BCUT2D eigenvalue weighted by Crippen LogP contribution is -2.35. The van der Waals surface area contributed by atoms with E-state index in [9.17, 15) is 9.59 Å². The smallest absolute Gasteiger partial charge is 0.334 e. The summed E-state index contributed by atoms with van der Waals surface area (Å²) in [5.74, 6) is -1.83. The Kier molecular flexibility index (Phi) is 5.54. The van der Waals surface area contributed by atoms with Crippen molar-refractivity contribution in [3.8, 4) is 0 Å². The number of amides is 1. The van der Waals surface area contributed by atoms with Crippen LogP contribution >= 0.6 is 15.9 Å². The van der Waals surface area contributed by atoms with Gasteiger partial charge in [0.2, 0.25) is 5.91 Å². The number of aliphatic hydroxyl groups is 1. The van der Waals surface area contributed by atoms with Gasteiger partial charge in [0.05, 0.1) is 6.54 Å². The van der Waals surface area contributed by atoms with Crippen molar-refractivity contribution in [3.63, 3.8) is 0 Å².